The fourth-order valence-corrected chi connectivity index (χ4v) is 3.36. The number of hydrogen-bond donors (Lipinski definition) is 1. The van der Waals surface area contributed by atoms with E-state index in [1.165, 1.54) is 11.5 Å². The molecule has 0 spiro atoms. The third kappa shape index (κ3) is 3.67. The maximum absolute atomic E-state index is 12.2. The van der Waals surface area contributed by atoms with Gasteiger partial charge in [0, 0.05) is 51.0 Å². The van der Waals surface area contributed by atoms with Crippen molar-refractivity contribution in [2.75, 3.05) is 25.1 Å². The third-order valence-electron chi connectivity index (χ3n) is 3.89. The molecule has 0 radical (unpaired) electrons. The van der Waals surface area contributed by atoms with Crippen LogP contribution in [0.15, 0.2) is 12.3 Å². The minimum atomic E-state index is -0.0678. The van der Waals surface area contributed by atoms with Crippen molar-refractivity contribution in [2.45, 2.75) is 25.5 Å². The molecule has 0 unspecified atom stereocenters. The Morgan fingerprint density at radius 2 is 2.26 bits per heavy atom. The quantitative estimate of drug-likeness (QED) is 0.870. The van der Waals surface area contributed by atoms with Gasteiger partial charge in [-0.1, -0.05) is 0 Å². The van der Waals surface area contributed by atoms with Gasteiger partial charge < -0.3 is 15.0 Å². The van der Waals surface area contributed by atoms with Gasteiger partial charge in [0.15, 0.2) is 5.82 Å². The van der Waals surface area contributed by atoms with E-state index in [0.717, 1.165) is 36.9 Å². The Balaban J connectivity index is 1.52. The van der Waals surface area contributed by atoms with E-state index in [-0.39, 0.29) is 11.9 Å². The first-order valence-corrected chi connectivity index (χ1v) is 8.30. The smallest absolute Gasteiger partial charge is 0.269 e. The fraction of sp³-hybridized carbons (Fsp3) is 0.571. The van der Waals surface area contributed by atoms with Crippen molar-refractivity contribution in [1.82, 2.24) is 24.5 Å². The molecule has 0 atom stereocenters. The Morgan fingerprint density at radius 1 is 1.48 bits per heavy atom. The number of rotatable bonds is 5. The zero-order valence-electron chi connectivity index (χ0n) is 13.2. The molecular formula is C14H20N6O2S. The van der Waals surface area contributed by atoms with Gasteiger partial charge in [-0.3, -0.25) is 9.48 Å². The monoisotopic (exact) mass is 336 g/mol. The van der Waals surface area contributed by atoms with E-state index in [9.17, 15) is 4.79 Å². The lowest BCUT2D eigenvalue weighted by molar-refractivity contribution is 0.0921. The van der Waals surface area contributed by atoms with E-state index in [1.807, 2.05) is 0 Å². The summed E-state index contributed by atoms with van der Waals surface area (Å²) in [5.74, 6) is 0.654. The van der Waals surface area contributed by atoms with Crippen molar-refractivity contribution >= 4 is 22.6 Å². The summed E-state index contributed by atoms with van der Waals surface area (Å²) >= 11 is 1.40. The van der Waals surface area contributed by atoms with E-state index in [1.54, 1.807) is 31.1 Å². The number of carbonyl (C=O) groups is 1. The second-order valence-electron chi connectivity index (χ2n) is 5.50. The van der Waals surface area contributed by atoms with Crippen molar-refractivity contribution in [1.29, 1.82) is 0 Å². The molecule has 1 amide bonds. The van der Waals surface area contributed by atoms with E-state index in [2.05, 4.69) is 24.7 Å². The average Bonchev–Trinajstić information content (AvgIpc) is 3.17. The Kier molecular flexibility index (Phi) is 4.87. The number of aromatic nitrogens is 4. The Morgan fingerprint density at radius 3 is 2.91 bits per heavy atom. The number of nitrogens with one attached hydrogen (secondary N) is 1. The predicted octanol–water partition coefficient (Wildman–Crippen LogP) is 0.817. The molecule has 2 aromatic heterocycles. The molecule has 3 rings (SSSR count). The van der Waals surface area contributed by atoms with Crippen molar-refractivity contribution in [3.8, 4) is 0 Å². The number of amides is 1. The van der Waals surface area contributed by atoms with Crippen molar-refractivity contribution in [3.05, 3.63) is 23.8 Å². The predicted molar refractivity (Wildman–Crippen MR) is 86.5 cm³/mol. The van der Waals surface area contributed by atoms with E-state index >= 15 is 0 Å². The summed E-state index contributed by atoms with van der Waals surface area (Å²) in [6.07, 6.45) is 3.41. The summed E-state index contributed by atoms with van der Waals surface area (Å²) in [6, 6.07) is 1.91. The molecule has 1 aliphatic rings. The number of carbonyl (C=O) groups excluding carboxylic acids is 1. The summed E-state index contributed by atoms with van der Waals surface area (Å²) in [7, 11) is 3.40. The first-order chi connectivity index (χ1) is 11.2. The minimum absolute atomic E-state index is 0.0678. The average molecular weight is 336 g/mol. The van der Waals surface area contributed by atoms with Crippen LogP contribution in [0.5, 0.6) is 0 Å². The molecule has 0 bridgehead atoms. The lowest BCUT2D eigenvalue weighted by Gasteiger charge is -2.31. The van der Waals surface area contributed by atoms with Crippen LogP contribution >= 0.6 is 11.5 Å². The van der Waals surface area contributed by atoms with Crippen molar-refractivity contribution in [2.24, 2.45) is 7.05 Å². The van der Waals surface area contributed by atoms with Crippen LogP contribution in [-0.2, 0) is 18.4 Å². The van der Waals surface area contributed by atoms with E-state index in [4.69, 9.17) is 4.74 Å². The standard InChI is InChI=1S/C14H20N6O2S/c1-19-11(3-6-15-19)13(21)16-10-4-7-20(8-5-10)14-17-12(9-22-2)18-23-14/h3,6,10H,4-5,7-9H2,1-2H3,(H,16,21). The summed E-state index contributed by atoms with van der Waals surface area (Å²) in [5, 5.41) is 8.03. The zero-order valence-corrected chi connectivity index (χ0v) is 14.0. The largest absolute Gasteiger partial charge is 0.377 e. The topological polar surface area (TPSA) is 85.2 Å². The van der Waals surface area contributed by atoms with Gasteiger partial charge in [-0.2, -0.15) is 9.47 Å². The number of nitrogens with zero attached hydrogens (tertiary/aromatic N) is 5. The molecule has 1 saturated heterocycles. The van der Waals surface area contributed by atoms with Crippen LogP contribution in [0.1, 0.15) is 29.2 Å². The summed E-state index contributed by atoms with van der Waals surface area (Å²) in [4.78, 5) is 18.9. The highest BCUT2D eigenvalue weighted by molar-refractivity contribution is 7.09. The number of anilines is 1. The van der Waals surface area contributed by atoms with Gasteiger partial charge in [0.1, 0.15) is 12.3 Å². The van der Waals surface area contributed by atoms with Crippen LogP contribution in [-0.4, -0.2) is 51.3 Å². The molecule has 0 aromatic carbocycles. The SMILES string of the molecule is COCc1nsc(N2CCC(NC(=O)c3ccnn3C)CC2)n1. The van der Waals surface area contributed by atoms with Gasteiger partial charge in [0.25, 0.3) is 5.91 Å². The van der Waals surface area contributed by atoms with Gasteiger partial charge >= 0.3 is 0 Å². The molecule has 0 saturated carbocycles. The van der Waals surface area contributed by atoms with E-state index in [0.29, 0.717) is 12.3 Å². The third-order valence-corrected chi connectivity index (χ3v) is 4.70. The summed E-state index contributed by atoms with van der Waals surface area (Å²) in [6.45, 7) is 2.16. The second kappa shape index (κ2) is 7.05. The first-order valence-electron chi connectivity index (χ1n) is 7.52. The highest BCUT2D eigenvalue weighted by atomic mass is 32.1. The Bertz CT molecular complexity index is 662. The molecule has 1 N–H and O–H groups in total. The van der Waals surface area contributed by atoms with Crippen molar-refractivity contribution in [3.63, 3.8) is 0 Å². The maximum Gasteiger partial charge on any atom is 0.269 e. The molecule has 1 aliphatic heterocycles. The van der Waals surface area contributed by atoms with Crippen LogP contribution in [0.2, 0.25) is 0 Å². The second-order valence-corrected chi connectivity index (χ2v) is 6.23. The number of aryl methyl sites for hydroxylation is 1. The molecule has 1 fully saturated rings. The molecule has 23 heavy (non-hydrogen) atoms. The summed E-state index contributed by atoms with van der Waals surface area (Å²) < 4.78 is 10.9. The number of ether oxygens (including phenoxy) is 1. The van der Waals surface area contributed by atoms with Gasteiger partial charge in [-0.05, 0) is 18.9 Å². The van der Waals surface area contributed by atoms with Crippen LogP contribution in [0.4, 0.5) is 5.13 Å². The van der Waals surface area contributed by atoms with Crippen molar-refractivity contribution < 1.29 is 9.53 Å². The highest BCUT2D eigenvalue weighted by Crippen LogP contribution is 2.22. The molecular weight excluding hydrogens is 316 g/mol. The fourth-order valence-electron chi connectivity index (χ4n) is 2.63. The Hall–Kier alpha value is -2.00. The maximum atomic E-state index is 12.2. The molecule has 124 valence electrons. The first kappa shape index (κ1) is 15.9. The highest BCUT2D eigenvalue weighted by Gasteiger charge is 2.24. The molecule has 8 nitrogen and oxygen atoms in total. The van der Waals surface area contributed by atoms with Crippen LogP contribution in [0.3, 0.4) is 0 Å². The van der Waals surface area contributed by atoms with Crippen LogP contribution in [0.25, 0.3) is 0 Å². The lowest BCUT2D eigenvalue weighted by atomic mass is 10.1. The van der Waals surface area contributed by atoms with Crippen LogP contribution in [0, 0.1) is 0 Å². The van der Waals surface area contributed by atoms with Gasteiger partial charge in [-0.25, -0.2) is 4.98 Å². The molecule has 0 aliphatic carbocycles. The lowest BCUT2D eigenvalue weighted by Crippen LogP contribution is -2.45. The number of piperidine rings is 1. The van der Waals surface area contributed by atoms with Gasteiger partial charge in [-0.15, -0.1) is 0 Å². The minimum Gasteiger partial charge on any atom is -0.377 e. The number of methoxy groups -OCH3 is 1. The molecule has 2 aromatic rings. The molecule has 3 heterocycles. The van der Waals surface area contributed by atoms with Crippen LogP contribution < -0.4 is 10.2 Å². The molecule has 9 heteroatoms. The van der Waals surface area contributed by atoms with Gasteiger partial charge in [0.05, 0.1) is 0 Å². The summed E-state index contributed by atoms with van der Waals surface area (Å²) in [5.41, 5.74) is 0.584. The van der Waals surface area contributed by atoms with E-state index < -0.39 is 0 Å². The normalized spacial score (nSPS) is 15.8. The Labute approximate surface area is 138 Å². The van der Waals surface area contributed by atoms with Gasteiger partial charge in [0.2, 0.25) is 5.13 Å². The number of hydrogen-bond acceptors (Lipinski definition) is 7. The zero-order chi connectivity index (χ0) is 16.2.